The first kappa shape index (κ1) is 19.6. The number of nitrogens with one attached hydrogen (secondary N) is 1. The van der Waals surface area contributed by atoms with E-state index in [-0.39, 0.29) is 13.0 Å². The summed E-state index contributed by atoms with van der Waals surface area (Å²) in [7, 11) is 0. The number of aromatic nitrogens is 2. The molecule has 1 heterocycles. The predicted molar refractivity (Wildman–Crippen MR) is 108 cm³/mol. The van der Waals surface area contributed by atoms with Crippen LogP contribution in [0.15, 0.2) is 54.6 Å². The maximum Gasteiger partial charge on any atom is 0.310 e. The van der Waals surface area contributed by atoms with Gasteiger partial charge in [-0.3, -0.25) is 9.59 Å². The molecular weight excluding hydrogens is 378 g/mol. The zero-order valence-corrected chi connectivity index (χ0v) is 16.4. The summed E-state index contributed by atoms with van der Waals surface area (Å²) in [6, 6.07) is 16.6. The zero-order chi connectivity index (χ0) is 20.1. The van der Waals surface area contributed by atoms with Gasteiger partial charge in [0.05, 0.1) is 29.2 Å². The molecule has 7 heteroatoms. The minimum atomic E-state index is -0.517. The molecule has 0 unspecified atom stereocenters. The maximum absolute atomic E-state index is 12.2. The summed E-state index contributed by atoms with van der Waals surface area (Å²) in [5.41, 5.74) is 3.63. The number of anilines is 1. The normalized spacial score (nSPS) is 10.5. The summed E-state index contributed by atoms with van der Waals surface area (Å²) in [6.45, 7) is 3.30. The van der Waals surface area contributed by atoms with Gasteiger partial charge in [0, 0.05) is 5.02 Å². The number of hydrogen-bond donors (Lipinski definition) is 1. The molecule has 0 bridgehead atoms. The van der Waals surface area contributed by atoms with Gasteiger partial charge < -0.3 is 10.1 Å². The number of aryl methyl sites for hydroxylation is 1. The molecule has 28 heavy (non-hydrogen) atoms. The highest BCUT2D eigenvalue weighted by atomic mass is 35.5. The summed E-state index contributed by atoms with van der Waals surface area (Å²) in [5, 5.41) is 7.74. The third-order valence-electron chi connectivity index (χ3n) is 4.21. The molecule has 1 aromatic heterocycles. The molecule has 144 valence electrons. The first-order valence-corrected chi connectivity index (χ1v) is 9.14. The molecule has 6 nitrogen and oxygen atoms in total. The monoisotopic (exact) mass is 397 g/mol. The summed E-state index contributed by atoms with van der Waals surface area (Å²) in [5.74, 6) is -0.942. The van der Waals surface area contributed by atoms with Crippen molar-refractivity contribution < 1.29 is 14.3 Å². The highest BCUT2D eigenvalue weighted by molar-refractivity contribution is 6.31. The van der Waals surface area contributed by atoms with E-state index in [0.29, 0.717) is 22.0 Å². The molecule has 0 fully saturated rings. The zero-order valence-electron chi connectivity index (χ0n) is 15.6. The Morgan fingerprint density at radius 2 is 1.75 bits per heavy atom. The Morgan fingerprint density at radius 3 is 2.46 bits per heavy atom. The first-order valence-electron chi connectivity index (χ1n) is 8.76. The van der Waals surface area contributed by atoms with Gasteiger partial charge in [-0.2, -0.15) is 5.10 Å². The molecule has 0 radical (unpaired) electrons. The number of nitrogens with zero attached hydrogens (tertiary/aromatic N) is 2. The van der Waals surface area contributed by atoms with Crippen molar-refractivity contribution in [1.29, 1.82) is 0 Å². The van der Waals surface area contributed by atoms with Crippen LogP contribution in [-0.2, 0) is 20.7 Å². The fraction of sp³-hybridized carbons (Fsp3) is 0.190. The number of para-hydroxylation sites is 1. The number of carbonyl (C=O) groups excluding carboxylic acids is 2. The standard InChI is InChI=1S/C21H20ClN3O3/c1-14-21(15(2)25(24-14)17-9-4-3-5-10-17)23-19(26)13-28-20(27)12-16-8-6-7-11-18(16)22/h3-11H,12-13H2,1-2H3,(H,23,26). The number of halogens is 1. The molecule has 2 aromatic carbocycles. The van der Waals surface area contributed by atoms with Crippen molar-refractivity contribution in [2.75, 3.05) is 11.9 Å². The second-order valence-electron chi connectivity index (χ2n) is 6.27. The number of esters is 1. The topological polar surface area (TPSA) is 73.2 Å². The molecule has 1 N–H and O–H groups in total. The van der Waals surface area contributed by atoms with E-state index >= 15 is 0 Å². The molecule has 0 aliphatic carbocycles. The van der Waals surface area contributed by atoms with Gasteiger partial charge >= 0.3 is 5.97 Å². The van der Waals surface area contributed by atoms with Crippen molar-refractivity contribution in [3.05, 3.63) is 76.6 Å². The van der Waals surface area contributed by atoms with E-state index in [2.05, 4.69) is 10.4 Å². The second kappa shape index (κ2) is 8.71. The van der Waals surface area contributed by atoms with Crippen molar-refractivity contribution in [1.82, 2.24) is 9.78 Å². The fourth-order valence-electron chi connectivity index (χ4n) is 2.81. The Labute approximate surface area is 168 Å². The number of benzene rings is 2. The number of hydrogen-bond acceptors (Lipinski definition) is 4. The molecule has 3 aromatic rings. The van der Waals surface area contributed by atoms with Crippen LogP contribution >= 0.6 is 11.6 Å². The second-order valence-corrected chi connectivity index (χ2v) is 6.68. The van der Waals surface area contributed by atoms with Crippen molar-refractivity contribution in [3.63, 3.8) is 0 Å². The molecular formula is C21H20ClN3O3. The van der Waals surface area contributed by atoms with Crippen LogP contribution in [-0.4, -0.2) is 28.3 Å². The Bertz CT molecular complexity index is 999. The molecule has 3 rings (SSSR count). The first-order chi connectivity index (χ1) is 13.5. The average Bonchev–Trinajstić information content (AvgIpc) is 2.97. The van der Waals surface area contributed by atoms with Crippen LogP contribution in [0.3, 0.4) is 0 Å². The SMILES string of the molecule is Cc1nn(-c2ccccc2)c(C)c1NC(=O)COC(=O)Cc1ccccc1Cl. The van der Waals surface area contributed by atoms with E-state index < -0.39 is 11.9 Å². The van der Waals surface area contributed by atoms with Crippen LogP contribution in [0, 0.1) is 13.8 Å². The van der Waals surface area contributed by atoms with Crippen molar-refractivity contribution >= 4 is 29.2 Å². The minimum absolute atomic E-state index is 0.0109. The maximum atomic E-state index is 12.2. The smallest absolute Gasteiger partial charge is 0.310 e. The van der Waals surface area contributed by atoms with Crippen LogP contribution < -0.4 is 5.32 Å². The molecule has 0 spiro atoms. The molecule has 0 atom stereocenters. The Morgan fingerprint density at radius 1 is 1.07 bits per heavy atom. The van der Waals surface area contributed by atoms with Gasteiger partial charge in [0.2, 0.25) is 0 Å². The van der Waals surface area contributed by atoms with Gasteiger partial charge in [-0.25, -0.2) is 4.68 Å². The van der Waals surface area contributed by atoms with Gasteiger partial charge in [0.1, 0.15) is 0 Å². The fourth-order valence-corrected chi connectivity index (χ4v) is 3.02. The van der Waals surface area contributed by atoms with E-state index in [1.807, 2.05) is 44.2 Å². The number of rotatable bonds is 6. The summed E-state index contributed by atoms with van der Waals surface area (Å²) >= 11 is 6.03. The highest BCUT2D eigenvalue weighted by Crippen LogP contribution is 2.22. The quantitative estimate of drug-likeness (QED) is 0.641. The minimum Gasteiger partial charge on any atom is -0.455 e. The largest absolute Gasteiger partial charge is 0.455 e. The van der Waals surface area contributed by atoms with Gasteiger partial charge in [-0.1, -0.05) is 48.0 Å². The van der Waals surface area contributed by atoms with Gasteiger partial charge in [-0.05, 0) is 37.6 Å². The van der Waals surface area contributed by atoms with E-state index in [0.717, 1.165) is 11.4 Å². The van der Waals surface area contributed by atoms with Crippen LogP contribution in [0.2, 0.25) is 5.02 Å². The van der Waals surface area contributed by atoms with Gasteiger partial charge in [0.25, 0.3) is 5.91 Å². The van der Waals surface area contributed by atoms with Crippen molar-refractivity contribution in [2.45, 2.75) is 20.3 Å². The summed E-state index contributed by atoms with van der Waals surface area (Å²) < 4.78 is 6.83. The number of carbonyl (C=O) groups is 2. The van der Waals surface area contributed by atoms with Crippen LogP contribution in [0.4, 0.5) is 5.69 Å². The lowest BCUT2D eigenvalue weighted by Gasteiger charge is -2.08. The van der Waals surface area contributed by atoms with Crippen LogP contribution in [0.1, 0.15) is 17.0 Å². The molecule has 0 saturated carbocycles. The van der Waals surface area contributed by atoms with E-state index in [4.69, 9.17) is 16.3 Å². The van der Waals surface area contributed by atoms with Crippen LogP contribution in [0.25, 0.3) is 5.69 Å². The lowest BCUT2D eigenvalue weighted by atomic mass is 10.1. The molecule has 1 amide bonds. The molecule has 0 saturated heterocycles. The summed E-state index contributed by atoms with van der Waals surface area (Å²) in [4.78, 5) is 24.2. The van der Waals surface area contributed by atoms with Gasteiger partial charge in [0.15, 0.2) is 6.61 Å². The summed E-state index contributed by atoms with van der Waals surface area (Å²) in [6.07, 6.45) is 0.0109. The van der Waals surface area contributed by atoms with Crippen molar-refractivity contribution in [2.24, 2.45) is 0 Å². The molecule has 0 aliphatic heterocycles. The third-order valence-corrected chi connectivity index (χ3v) is 4.58. The number of amides is 1. The Kier molecular flexibility index (Phi) is 6.11. The third kappa shape index (κ3) is 4.58. The van der Waals surface area contributed by atoms with E-state index in [1.54, 1.807) is 28.9 Å². The van der Waals surface area contributed by atoms with E-state index in [1.165, 1.54) is 0 Å². The van der Waals surface area contributed by atoms with Crippen LogP contribution in [0.5, 0.6) is 0 Å². The van der Waals surface area contributed by atoms with Gasteiger partial charge in [-0.15, -0.1) is 0 Å². The van der Waals surface area contributed by atoms with Crippen molar-refractivity contribution in [3.8, 4) is 5.69 Å². The lowest BCUT2D eigenvalue weighted by molar-refractivity contribution is -0.146. The average molecular weight is 398 g/mol. The Hall–Kier alpha value is -3.12. The molecule has 0 aliphatic rings. The Balaban J connectivity index is 1.60. The number of ether oxygens (including phenoxy) is 1. The predicted octanol–water partition coefficient (Wildman–Crippen LogP) is 3.87. The van der Waals surface area contributed by atoms with E-state index in [9.17, 15) is 9.59 Å². The highest BCUT2D eigenvalue weighted by Gasteiger charge is 2.16. The lowest BCUT2D eigenvalue weighted by Crippen LogP contribution is -2.22.